The van der Waals surface area contributed by atoms with Crippen molar-refractivity contribution >= 4 is 11.6 Å². The van der Waals surface area contributed by atoms with Crippen LogP contribution in [0.1, 0.15) is 24.0 Å². The van der Waals surface area contributed by atoms with Crippen molar-refractivity contribution in [3.8, 4) is 5.75 Å². The van der Waals surface area contributed by atoms with Gasteiger partial charge in [0.2, 0.25) is 0 Å². The molecule has 0 aliphatic heterocycles. The number of aryl methyl sites for hydroxylation is 2. The van der Waals surface area contributed by atoms with Gasteiger partial charge < -0.3 is 9.47 Å². The highest BCUT2D eigenvalue weighted by atomic mass is 35.5. The summed E-state index contributed by atoms with van der Waals surface area (Å²) in [7, 11) is 0. The van der Waals surface area contributed by atoms with Gasteiger partial charge in [-0.3, -0.25) is 0 Å². The summed E-state index contributed by atoms with van der Waals surface area (Å²) in [6.45, 7) is 1.79. The number of rotatable bonds is 6. The molecule has 0 amide bonds. The van der Waals surface area contributed by atoms with Crippen molar-refractivity contribution in [2.45, 2.75) is 25.7 Å². The van der Waals surface area contributed by atoms with Gasteiger partial charge in [0.25, 0.3) is 0 Å². The van der Waals surface area contributed by atoms with Crippen LogP contribution in [0.15, 0.2) is 18.2 Å². The Hall–Kier alpha value is -0.730. The summed E-state index contributed by atoms with van der Waals surface area (Å²) in [5, 5.41) is 0. The van der Waals surface area contributed by atoms with Crippen LogP contribution >= 0.6 is 11.6 Å². The molecule has 0 radical (unpaired) electrons. The van der Waals surface area contributed by atoms with Crippen LogP contribution in [-0.2, 0) is 17.6 Å². The van der Waals surface area contributed by atoms with Crippen LogP contribution in [0.4, 0.5) is 0 Å². The summed E-state index contributed by atoms with van der Waals surface area (Å²) in [6, 6.07) is 6.44. The number of benzene rings is 1. The monoisotopic (exact) mass is 254 g/mol. The Morgan fingerprint density at radius 3 is 2.65 bits per heavy atom. The third-order valence-corrected chi connectivity index (χ3v) is 3.19. The zero-order valence-electron chi connectivity index (χ0n) is 10.1. The highest BCUT2D eigenvalue weighted by molar-refractivity contribution is 6.17. The lowest BCUT2D eigenvalue weighted by atomic mass is 9.92. The summed E-state index contributed by atoms with van der Waals surface area (Å²) in [4.78, 5) is 0. The molecule has 0 aromatic heterocycles. The molecular weight excluding hydrogens is 236 g/mol. The molecule has 94 valence electrons. The van der Waals surface area contributed by atoms with Crippen molar-refractivity contribution in [1.29, 1.82) is 0 Å². The van der Waals surface area contributed by atoms with Gasteiger partial charge in [-0.1, -0.05) is 6.07 Å². The fourth-order valence-electron chi connectivity index (χ4n) is 2.17. The molecule has 0 unspecified atom stereocenters. The molecule has 1 aliphatic rings. The SMILES string of the molecule is ClCCOCCOc1ccc2c(c1)CCCC2. The van der Waals surface area contributed by atoms with Gasteiger partial charge in [-0.25, -0.2) is 0 Å². The van der Waals surface area contributed by atoms with Gasteiger partial charge in [-0.2, -0.15) is 0 Å². The number of alkyl halides is 1. The number of fused-ring (bicyclic) bond motifs is 1. The predicted octanol–water partition coefficient (Wildman–Crippen LogP) is 3.20. The average molecular weight is 255 g/mol. The second kappa shape index (κ2) is 6.87. The summed E-state index contributed by atoms with van der Waals surface area (Å²) >= 11 is 5.51. The van der Waals surface area contributed by atoms with E-state index in [0.29, 0.717) is 25.7 Å². The van der Waals surface area contributed by atoms with Gasteiger partial charge in [0.1, 0.15) is 12.4 Å². The number of hydrogen-bond donors (Lipinski definition) is 0. The van der Waals surface area contributed by atoms with E-state index < -0.39 is 0 Å². The summed E-state index contributed by atoms with van der Waals surface area (Å²) < 4.78 is 10.9. The van der Waals surface area contributed by atoms with E-state index in [0.717, 1.165) is 5.75 Å². The number of halogens is 1. The van der Waals surface area contributed by atoms with Crippen LogP contribution in [0.2, 0.25) is 0 Å². The van der Waals surface area contributed by atoms with E-state index in [1.807, 2.05) is 0 Å². The molecule has 0 fully saturated rings. The maximum atomic E-state index is 5.65. The van der Waals surface area contributed by atoms with Crippen LogP contribution in [-0.4, -0.2) is 25.7 Å². The topological polar surface area (TPSA) is 18.5 Å². The zero-order valence-corrected chi connectivity index (χ0v) is 10.8. The highest BCUT2D eigenvalue weighted by Gasteiger charge is 2.09. The second-order valence-electron chi connectivity index (χ2n) is 4.29. The Labute approximate surface area is 108 Å². The van der Waals surface area contributed by atoms with E-state index in [4.69, 9.17) is 21.1 Å². The first-order valence-electron chi connectivity index (χ1n) is 6.28. The minimum atomic E-state index is 0.541. The molecule has 0 saturated heterocycles. The molecule has 0 bridgehead atoms. The van der Waals surface area contributed by atoms with Gasteiger partial charge in [-0.15, -0.1) is 11.6 Å². The first-order chi connectivity index (χ1) is 8.40. The van der Waals surface area contributed by atoms with Gasteiger partial charge in [0.05, 0.1) is 13.2 Å². The van der Waals surface area contributed by atoms with E-state index in [1.54, 1.807) is 0 Å². The van der Waals surface area contributed by atoms with E-state index in [2.05, 4.69) is 18.2 Å². The molecule has 17 heavy (non-hydrogen) atoms. The summed E-state index contributed by atoms with van der Waals surface area (Å²) in [5.74, 6) is 1.50. The van der Waals surface area contributed by atoms with Gasteiger partial charge in [-0.05, 0) is 48.9 Å². The number of hydrogen-bond acceptors (Lipinski definition) is 2. The largest absolute Gasteiger partial charge is 0.491 e. The van der Waals surface area contributed by atoms with Crippen LogP contribution in [0.3, 0.4) is 0 Å². The standard InChI is InChI=1S/C14H19ClO2/c15-7-8-16-9-10-17-14-6-5-12-3-1-2-4-13(12)11-14/h5-6,11H,1-4,7-10H2. The van der Waals surface area contributed by atoms with Crippen LogP contribution in [0, 0.1) is 0 Å². The summed E-state index contributed by atoms with van der Waals surface area (Å²) in [5.41, 5.74) is 2.94. The predicted molar refractivity (Wildman–Crippen MR) is 70.1 cm³/mol. The Morgan fingerprint density at radius 2 is 1.82 bits per heavy atom. The van der Waals surface area contributed by atoms with E-state index in [9.17, 15) is 0 Å². The Bertz CT molecular complexity index is 352. The van der Waals surface area contributed by atoms with Crippen molar-refractivity contribution in [2.24, 2.45) is 0 Å². The quantitative estimate of drug-likeness (QED) is 0.573. The van der Waals surface area contributed by atoms with Crippen LogP contribution in [0.25, 0.3) is 0 Å². The average Bonchev–Trinajstić information content (AvgIpc) is 2.38. The molecule has 0 heterocycles. The van der Waals surface area contributed by atoms with E-state index in [-0.39, 0.29) is 0 Å². The van der Waals surface area contributed by atoms with Crippen molar-refractivity contribution in [3.63, 3.8) is 0 Å². The van der Waals surface area contributed by atoms with Crippen molar-refractivity contribution in [1.82, 2.24) is 0 Å². The molecule has 1 aromatic carbocycles. The maximum absolute atomic E-state index is 5.65. The molecule has 3 heteroatoms. The van der Waals surface area contributed by atoms with E-state index >= 15 is 0 Å². The lowest BCUT2D eigenvalue weighted by molar-refractivity contribution is 0.111. The maximum Gasteiger partial charge on any atom is 0.119 e. The molecule has 1 aliphatic carbocycles. The highest BCUT2D eigenvalue weighted by Crippen LogP contribution is 2.25. The minimum Gasteiger partial charge on any atom is -0.491 e. The molecule has 0 atom stereocenters. The third-order valence-electron chi connectivity index (χ3n) is 3.04. The molecule has 0 spiro atoms. The minimum absolute atomic E-state index is 0.541. The van der Waals surface area contributed by atoms with E-state index in [1.165, 1.54) is 36.8 Å². The van der Waals surface area contributed by atoms with Gasteiger partial charge in [0.15, 0.2) is 0 Å². The Morgan fingerprint density at radius 1 is 1.00 bits per heavy atom. The first kappa shape index (κ1) is 12.7. The summed E-state index contributed by atoms with van der Waals surface area (Å²) in [6.07, 6.45) is 5.03. The fourth-order valence-corrected chi connectivity index (χ4v) is 2.28. The molecule has 0 N–H and O–H groups in total. The molecule has 2 nitrogen and oxygen atoms in total. The Kier molecular flexibility index (Phi) is 5.14. The van der Waals surface area contributed by atoms with Crippen LogP contribution < -0.4 is 4.74 Å². The lowest BCUT2D eigenvalue weighted by Crippen LogP contribution is -2.09. The van der Waals surface area contributed by atoms with Crippen molar-refractivity contribution < 1.29 is 9.47 Å². The van der Waals surface area contributed by atoms with Crippen LogP contribution in [0.5, 0.6) is 5.75 Å². The normalized spacial score (nSPS) is 14.4. The molecule has 0 saturated carbocycles. The molecule has 1 aromatic rings. The smallest absolute Gasteiger partial charge is 0.119 e. The van der Waals surface area contributed by atoms with Crippen molar-refractivity contribution in [2.75, 3.05) is 25.7 Å². The van der Waals surface area contributed by atoms with Gasteiger partial charge in [0, 0.05) is 5.88 Å². The van der Waals surface area contributed by atoms with Crippen molar-refractivity contribution in [3.05, 3.63) is 29.3 Å². The van der Waals surface area contributed by atoms with Gasteiger partial charge >= 0.3 is 0 Å². The molecular formula is C14H19ClO2. The lowest BCUT2D eigenvalue weighted by Gasteiger charge is -2.16. The molecule has 2 rings (SSSR count). The fraction of sp³-hybridized carbons (Fsp3) is 0.571. The zero-order chi connectivity index (χ0) is 11.9. The number of ether oxygens (including phenoxy) is 2. The second-order valence-corrected chi connectivity index (χ2v) is 4.67. The third kappa shape index (κ3) is 3.90. The first-order valence-corrected chi connectivity index (χ1v) is 6.82. The Balaban J connectivity index is 1.81.